The Morgan fingerprint density at radius 2 is 1.83 bits per heavy atom. The Hall–Kier alpha value is -2.87. The predicted octanol–water partition coefficient (Wildman–Crippen LogP) is 2.42. The number of aliphatic carboxylic acids is 1. The van der Waals surface area contributed by atoms with E-state index >= 15 is 0 Å². The van der Waals surface area contributed by atoms with Crippen molar-refractivity contribution in [3.05, 3.63) is 57.8 Å². The zero-order valence-electron chi connectivity index (χ0n) is 12.6. The van der Waals surface area contributed by atoms with Crippen LogP contribution in [0.3, 0.4) is 0 Å². The first-order valence-electron chi connectivity index (χ1n) is 6.96. The number of carboxylic acids is 1. The topological polar surface area (TPSA) is 102 Å². The molecule has 2 rings (SSSR count). The first kappa shape index (κ1) is 17.5. The second-order valence-corrected chi connectivity index (χ2v) is 5.58. The van der Waals surface area contributed by atoms with Crippen LogP contribution in [0, 0.1) is 0 Å². The van der Waals surface area contributed by atoms with Crippen LogP contribution in [0.15, 0.2) is 41.8 Å². The van der Waals surface area contributed by atoms with Crippen molar-refractivity contribution in [2.45, 2.75) is 13.2 Å². The number of thiophene rings is 1. The van der Waals surface area contributed by atoms with E-state index in [2.05, 4.69) is 10.1 Å². The maximum atomic E-state index is 11.8. The van der Waals surface area contributed by atoms with Gasteiger partial charge in [-0.15, -0.1) is 11.3 Å². The SMILES string of the molecule is O=C(O)COC(=O)c1sccc1CNC(=O)OCc1ccccc1. The minimum atomic E-state index is -1.23. The number of hydrogen-bond donors (Lipinski definition) is 2. The molecule has 0 atom stereocenters. The van der Waals surface area contributed by atoms with Gasteiger partial charge in [-0.2, -0.15) is 0 Å². The summed E-state index contributed by atoms with van der Waals surface area (Å²) < 4.78 is 9.69. The molecule has 0 spiro atoms. The van der Waals surface area contributed by atoms with E-state index in [1.165, 1.54) is 0 Å². The van der Waals surface area contributed by atoms with Crippen molar-refractivity contribution in [3.63, 3.8) is 0 Å². The number of carbonyl (C=O) groups excluding carboxylic acids is 2. The molecule has 7 nitrogen and oxygen atoms in total. The smallest absolute Gasteiger partial charge is 0.407 e. The summed E-state index contributed by atoms with van der Waals surface area (Å²) in [7, 11) is 0. The Labute approximate surface area is 141 Å². The molecule has 1 aromatic carbocycles. The molecule has 0 aliphatic carbocycles. The third kappa shape index (κ3) is 5.40. The Bertz CT molecular complexity index is 712. The number of alkyl carbamates (subject to hydrolysis) is 1. The molecule has 2 N–H and O–H groups in total. The molecular formula is C16H15NO6S. The number of esters is 1. The molecule has 24 heavy (non-hydrogen) atoms. The van der Waals surface area contributed by atoms with E-state index in [0.29, 0.717) is 5.56 Å². The molecule has 1 heterocycles. The van der Waals surface area contributed by atoms with Crippen LogP contribution in [0.1, 0.15) is 20.8 Å². The highest BCUT2D eigenvalue weighted by Crippen LogP contribution is 2.18. The maximum absolute atomic E-state index is 11.8. The van der Waals surface area contributed by atoms with Crippen LogP contribution in [0.5, 0.6) is 0 Å². The van der Waals surface area contributed by atoms with Gasteiger partial charge in [0.05, 0.1) is 0 Å². The maximum Gasteiger partial charge on any atom is 0.407 e. The average molecular weight is 349 g/mol. The normalized spacial score (nSPS) is 10.0. The molecule has 0 unspecified atom stereocenters. The molecule has 2 aromatic rings. The lowest BCUT2D eigenvalue weighted by Crippen LogP contribution is -2.24. The van der Waals surface area contributed by atoms with E-state index < -0.39 is 24.6 Å². The van der Waals surface area contributed by atoms with Gasteiger partial charge in [-0.25, -0.2) is 14.4 Å². The van der Waals surface area contributed by atoms with Crippen molar-refractivity contribution in [3.8, 4) is 0 Å². The summed E-state index contributed by atoms with van der Waals surface area (Å²) in [5.41, 5.74) is 1.40. The van der Waals surface area contributed by atoms with Gasteiger partial charge < -0.3 is 19.9 Å². The zero-order valence-corrected chi connectivity index (χ0v) is 13.4. The Balaban J connectivity index is 1.81. The molecular weight excluding hydrogens is 334 g/mol. The van der Waals surface area contributed by atoms with E-state index in [1.54, 1.807) is 11.4 Å². The van der Waals surface area contributed by atoms with Gasteiger partial charge in [-0.1, -0.05) is 30.3 Å². The number of carboxylic acid groups (broad SMARTS) is 1. The van der Waals surface area contributed by atoms with Gasteiger partial charge in [0.1, 0.15) is 11.5 Å². The van der Waals surface area contributed by atoms with Crippen molar-refractivity contribution in [1.82, 2.24) is 5.32 Å². The lowest BCUT2D eigenvalue weighted by atomic mass is 10.2. The zero-order chi connectivity index (χ0) is 17.4. The van der Waals surface area contributed by atoms with Crippen LogP contribution in [0.25, 0.3) is 0 Å². The van der Waals surface area contributed by atoms with Crippen molar-refractivity contribution >= 4 is 29.4 Å². The Morgan fingerprint density at radius 1 is 1.08 bits per heavy atom. The molecule has 0 radical (unpaired) electrons. The van der Waals surface area contributed by atoms with Gasteiger partial charge in [-0.3, -0.25) is 0 Å². The van der Waals surface area contributed by atoms with E-state index in [0.717, 1.165) is 16.9 Å². The number of carbonyl (C=O) groups is 3. The molecule has 8 heteroatoms. The van der Waals surface area contributed by atoms with Crippen molar-refractivity contribution in [2.75, 3.05) is 6.61 Å². The summed E-state index contributed by atoms with van der Waals surface area (Å²) in [5.74, 6) is -1.97. The van der Waals surface area contributed by atoms with E-state index in [9.17, 15) is 14.4 Å². The van der Waals surface area contributed by atoms with Gasteiger partial charge in [0, 0.05) is 6.54 Å². The fourth-order valence-corrected chi connectivity index (χ4v) is 2.60. The number of rotatable bonds is 7. The fraction of sp³-hybridized carbons (Fsp3) is 0.188. The van der Waals surface area contributed by atoms with Gasteiger partial charge in [0.25, 0.3) is 0 Å². The second-order valence-electron chi connectivity index (χ2n) is 4.66. The van der Waals surface area contributed by atoms with Crippen LogP contribution >= 0.6 is 11.3 Å². The van der Waals surface area contributed by atoms with Gasteiger partial charge >= 0.3 is 18.0 Å². The van der Waals surface area contributed by atoms with Crippen LogP contribution in [0.2, 0.25) is 0 Å². The van der Waals surface area contributed by atoms with Crippen LogP contribution in [-0.2, 0) is 27.4 Å². The summed E-state index contributed by atoms with van der Waals surface area (Å²) in [6.07, 6.45) is -0.616. The first-order valence-corrected chi connectivity index (χ1v) is 7.84. The molecule has 1 aromatic heterocycles. The van der Waals surface area contributed by atoms with Crippen LogP contribution < -0.4 is 5.32 Å². The number of hydrogen-bond acceptors (Lipinski definition) is 6. The summed E-state index contributed by atoms with van der Waals surface area (Å²) in [6.45, 7) is -0.485. The Kier molecular flexibility index (Phi) is 6.32. The fourth-order valence-electron chi connectivity index (χ4n) is 1.79. The highest BCUT2D eigenvalue weighted by atomic mass is 32.1. The molecule has 0 fully saturated rings. The van der Waals surface area contributed by atoms with Crippen LogP contribution in [0.4, 0.5) is 4.79 Å². The van der Waals surface area contributed by atoms with E-state index in [4.69, 9.17) is 9.84 Å². The minimum absolute atomic E-state index is 0.0780. The largest absolute Gasteiger partial charge is 0.479 e. The lowest BCUT2D eigenvalue weighted by Gasteiger charge is -2.07. The van der Waals surface area contributed by atoms with Crippen molar-refractivity contribution in [1.29, 1.82) is 0 Å². The highest BCUT2D eigenvalue weighted by Gasteiger charge is 2.16. The summed E-state index contributed by atoms with van der Waals surface area (Å²) in [5, 5.41) is 12.7. The first-order chi connectivity index (χ1) is 11.6. The number of amides is 1. The third-order valence-corrected chi connectivity index (χ3v) is 3.83. The molecule has 126 valence electrons. The van der Waals surface area contributed by atoms with Gasteiger partial charge in [-0.05, 0) is 22.6 Å². The predicted molar refractivity (Wildman–Crippen MR) is 85.7 cm³/mol. The molecule has 0 saturated carbocycles. The molecule has 0 bridgehead atoms. The standard InChI is InChI=1S/C16H15NO6S/c18-13(19)10-22-15(20)14-12(6-7-24-14)8-17-16(21)23-9-11-4-2-1-3-5-11/h1-7H,8-10H2,(H,17,21)(H,18,19). The summed E-state index contributed by atoms with van der Waals surface area (Å²) >= 11 is 1.11. The summed E-state index contributed by atoms with van der Waals surface area (Å²) in [4.78, 5) is 34.1. The average Bonchev–Trinajstić information content (AvgIpc) is 3.05. The molecule has 1 amide bonds. The molecule has 0 saturated heterocycles. The monoisotopic (exact) mass is 349 g/mol. The van der Waals surface area contributed by atoms with Gasteiger partial charge in [0.15, 0.2) is 6.61 Å². The lowest BCUT2D eigenvalue weighted by molar-refractivity contribution is -0.140. The summed E-state index contributed by atoms with van der Waals surface area (Å²) in [6, 6.07) is 10.9. The highest BCUT2D eigenvalue weighted by molar-refractivity contribution is 7.12. The molecule has 0 aliphatic heterocycles. The minimum Gasteiger partial charge on any atom is -0.479 e. The van der Waals surface area contributed by atoms with Crippen LogP contribution in [-0.4, -0.2) is 29.7 Å². The van der Waals surface area contributed by atoms with Crippen molar-refractivity contribution in [2.24, 2.45) is 0 Å². The number of ether oxygens (including phenoxy) is 2. The Morgan fingerprint density at radius 3 is 2.54 bits per heavy atom. The molecule has 0 aliphatic rings. The third-order valence-electron chi connectivity index (χ3n) is 2.89. The number of benzene rings is 1. The number of nitrogens with one attached hydrogen (secondary N) is 1. The second kappa shape index (κ2) is 8.68. The quantitative estimate of drug-likeness (QED) is 0.744. The van der Waals surface area contributed by atoms with Crippen molar-refractivity contribution < 1.29 is 29.0 Å². The van der Waals surface area contributed by atoms with Gasteiger partial charge in [0.2, 0.25) is 0 Å². The van der Waals surface area contributed by atoms with E-state index in [-0.39, 0.29) is 18.0 Å². The van der Waals surface area contributed by atoms with E-state index in [1.807, 2.05) is 30.3 Å².